The Morgan fingerprint density at radius 2 is 2.20 bits per heavy atom. The second kappa shape index (κ2) is 7.49. The molecule has 1 fully saturated rings. The van der Waals surface area contributed by atoms with Crippen LogP contribution < -0.4 is 5.43 Å². The van der Waals surface area contributed by atoms with E-state index in [1.807, 2.05) is 29.3 Å². The topological polar surface area (TPSA) is 96.8 Å². The van der Waals surface area contributed by atoms with E-state index in [-0.39, 0.29) is 17.4 Å². The van der Waals surface area contributed by atoms with Gasteiger partial charge in [0.15, 0.2) is 5.43 Å². The van der Waals surface area contributed by atoms with E-state index in [1.165, 1.54) is 0 Å². The number of aromatic nitrogens is 5. The maximum Gasteiger partial charge on any atom is 0.254 e. The van der Waals surface area contributed by atoms with E-state index < -0.39 is 0 Å². The normalized spacial score (nSPS) is 16.4. The fraction of sp³-hybridized carbons (Fsp3) is 0.286. The minimum atomic E-state index is -0.0817. The summed E-state index contributed by atoms with van der Waals surface area (Å²) in [4.78, 5) is 33.1. The van der Waals surface area contributed by atoms with Crippen molar-refractivity contribution in [2.24, 2.45) is 0 Å². The molecule has 1 amide bonds. The average molecular weight is 420 g/mol. The smallest absolute Gasteiger partial charge is 0.254 e. The lowest BCUT2D eigenvalue weighted by Crippen LogP contribution is -2.38. The number of fused-ring (bicyclic) bond motifs is 1. The van der Waals surface area contributed by atoms with Crippen LogP contribution in [0.1, 0.15) is 28.9 Å². The molecule has 0 radical (unpaired) electrons. The van der Waals surface area contributed by atoms with Gasteiger partial charge in [-0.2, -0.15) is 4.80 Å². The number of H-pyrrole nitrogens is 1. The van der Waals surface area contributed by atoms with Gasteiger partial charge in [0.25, 0.3) is 5.91 Å². The summed E-state index contributed by atoms with van der Waals surface area (Å²) in [5.74, 6) is 0.530. The molecule has 5 rings (SSSR count). The van der Waals surface area contributed by atoms with Crippen molar-refractivity contribution in [1.29, 1.82) is 0 Å². The van der Waals surface area contributed by atoms with E-state index in [0.717, 1.165) is 28.9 Å². The van der Waals surface area contributed by atoms with Gasteiger partial charge < -0.3 is 9.88 Å². The van der Waals surface area contributed by atoms with Crippen molar-refractivity contribution in [2.45, 2.75) is 32.4 Å². The Balaban J connectivity index is 1.38. The average Bonchev–Trinajstić information content (AvgIpc) is 3.49. The van der Waals surface area contributed by atoms with Crippen molar-refractivity contribution in [3.05, 3.63) is 63.3 Å². The number of nitrogens with zero attached hydrogens (tertiary/aromatic N) is 5. The molecular weight excluding hydrogens is 400 g/mol. The number of hydrogen-bond acceptors (Lipinski definition) is 6. The highest BCUT2D eigenvalue weighted by molar-refractivity contribution is 7.13. The molecule has 1 N–H and O–H groups in total. The number of carbonyl (C=O) groups excluding carboxylic acids is 1. The van der Waals surface area contributed by atoms with E-state index >= 15 is 0 Å². The SMILES string of the molecule is Cc1cc(=O)c2cc(C(=O)N3CCC[C@@H]3Cn3nnc(-c4cccs4)n3)ccc2[nH]1. The molecule has 4 heterocycles. The van der Waals surface area contributed by atoms with Crippen molar-refractivity contribution >= 4 is 28.1 Å². The van der Waals surface area contributed by atoms with Crippen molar-refractivity contribution in [3.8, 4) is 10.7 Å². The number of tetrazole rings is 1. The highest BCUT2D eigenvalue weighted by Crippen LogP contribution is 2.23. The van der Waals surface area contributed by atoms with Crippen molar-refractivity contribution in [1.82, 2.24) is 30.1 Å². The molecule has 3 aromatic heterocycles. The summed E-state index contributed by atoms with van der Waals surface area (Å²) >= 11 is 1.57. The first-order valence-electron chi connectivity index (χ1n) is 9.85. The zero-order valence-electron chi connectivity index (χ0n) is 16.4. The fourth-order valence-electron chi connectivity index (χ4n) is 3.99. The quantitative estimate of drug-likeness (QED) is 0.548. The molecule has 1 aliphatic heterocycles. The predicted molar refractivity (Wildman–Crippen MR) is 114 cm³/mol. The summed E-state index contributed by atoms with van der Waals surface area (Å²) in [5.41, 5.74) is 1.98. The number of amides is 1. The van der Waals surface area contributed by atoms with Gasteiger partial charge in [-0.1, -0.05) is 6.07 Å². The van der Waals surface area contributed by atoms with Crippen LogP contribution in [-0.4, -0.2) is 48.6 Å². The summed E-state index contributed by atoms with van der Waals surface area (Å²) in [6.45, 7) is 3.02. The molecule has 4 aromatic rings. The van der Waals surface area contributed by atoms with Crippen LogP contribution in [0.3, 0.4) is 0 Å². The van der Waals surface area contributed by atoms with Crippen molar-refractivity contribution in [3.63, 3.8) is 0 Å². The zero-order chi connectivity index (χ0) is 20.7. The molecule has 1 atom stereocenters. The van der Waals surface area contributed by atoms with E-state index in [1.54, 1.807) is 40.4 Å². The third kappa shape index (κ3) is 3.41. The van der Waals surface area contributed by atoms with E-state index in [9.17, 15) is 9.59 Å². The summed E-state index contributed by atoms with van der Waals surface area (Å²) < 4.78 is 0. The Bertz CT molecular complexity index is 1280. The van der Waals surface area contributed by atoms with Gasteiger partial charge in [0.2, 0.25) is 5.82 Å². The molecule has 152 valence electrons. The molecule has 0 spiro atoms. The van der Waals surface area contributed by atoms with E-state index in [0.29, 0.717) is 29.9 Å². The minimum absolute atomic E-state index is 0.00474. The number of pyridine rings is 1. The van der Waals surface area contributed by atoms with Gasteiger partial charge in [-0.3, -0.25) is 9.59 Å². The lowest BCUT2D eigenvalue weighted by atomic mass is 10.1. The Morgan fingerprint density at radius 1 is 1.30 bits per heavy atom. The minimum Gasteiger partial charge on any atom is -0.358 e. The van der Waals surface area contributed by atoms with Crippen LogP contribution in [-0.2, 0) is 6.54 Å². The van der Waals surface area contributed by atoms with Gasteiger partial charge >= 0.3 is 0 Å². The monoisotopic (exact) mass is 420 g/mol. The maximum atomic E-state index is 13.2. The van der Waals surface area contributed by atoms with E-state index in [4.69, 9.17) is 0 Å². The first-order valence-corrected chi connectivity index (χ1v) is 10.7. The number of aromatic amines is 1. The van der Waals surface area contributed by atoms with Crippen LogP contribution in [0.15, 0.2) is 46.6 Å². The summed E-state index contributed by atoms with van der Waals surface area (Å²) in [6, 6.07) is 10.7. The van der Waals surface area contributed by atoms with Crippen LogP contribution in [0.5, 0.6) is 0 Å². The van der Waals surface area contributed by atoms with Crippen molar-refractivity contribution in [2.75, 3.05) is 6.54 Å². The number of thiophene rings is 1. The largest absolute Gasteiger partial charge is 0.358 e. The molecule has 8 nitrogen and oxygen atoms in total. The fourth-order valence-corrected chi connectivity index (χ4v) is 4.63. The third-order valence-electron chi connectivity index (χ3n) is 5.42. The molecule has 1 saturated heterocycles. The first-order chi connectivity index (χ1) is 14.6. The summed E-state index contributed by atoms with van der Waals surface area (Å²) in [6.07, 6.45) is 1.81. The standard InChI is InChI=1S/C21H20N6O2S/c1-13-10-18(28)16-11-14(6-7-17(16)22-13)21(29)26-8-2-4-15(26)12-27-24-20(23-25-27)19-5-3-9-30-19/h3,5-7,9-11,15H,2,4,8,12H2,1H3,(H,22,28)/t15-/m1/s1. The zero-order valence-corrected chi connectivity index (χ0v) is 17.2. The van der Waals surface area contributed by atoms with Gasteiger partial charge in [0, 0.05) is 34.8 Å². The molecule has 0 bridgehead atoms. The van der Waals surface area contributed by atoms with Crippen molar-refractivity contribution < 1.29 is 4.79 Å². The lowest BCUT2D eigenvalue weighted by molar-refractivity contribution is 0.0718. The molecule has 0 saturated carbocycles. The number of nitrogens with one attached hydrogen (secondary N) is 1. The number of aryl methyl sites for hydroxylation is 1. The van der Waals surface area contributed by atoms with Crippen LogP contribution in [0.4, 0.5) is 0 Å². The predicted octanol–water partition coefficient (Wildman–Crippen LogP) is 2.86. The van der Waals surface area contributed by atoms with Crippen LogP contribution in [0.25, 0.3) is 21.6 Å². The van der Waals surface area contributed by atoms with Gasteiger partial charge in [-0.15, -0.1) is 21.5 Å². The molecular formula is C21H20N6O2S. The number of likely N-dealkylation sites (tertiary alicyclic amines) is 1. The number of rotatable bonds is 4. The summed E-state index contributed by atoms with van der Waals surface area (Å²) in [5, 5.41) is 15.3. The van der Waals surface area contributed by atoms with Gasteiger partial charge in [0.05, 0.1) is 17.5 Å². The molecule has 1 aliphatic rings. The number of carbonyl (C=O) groups is 1. The van der Waals surface area contributed by atoms with E-state index in [2.05, 4.69) is 20.4 Å². The van der Waals surface area contributed by atoms with Gasteiger partial charge in [0.1, 0.15) is 0 Å². The Labute approximate surface area is 176 Å². The molecule has 0 unspecified atom stereocenters. The second-order valence-corrected chi connectivity index (χ2v) is 8.46. The Morgan fingerprint density at radius 3 is 3.03 bits per heavy atom. The van der Waals surface area contributed by atoms with Crippen LogP contribution in [0, 0.1) is 6.92 Å². The number of hydrogen-bond donors (Lipinski definition) is 1. The van der Waals surface area contributed by atoms with Crippen LogP contribution in [0.2, 0.25) is 0 Å². The second-order valence-electron chi connectivity index (χ2n) is 7.52. The molecule has 1 aromatic carbocycles. The third-order valence-corrected chi connectivity index (χ3v) is 6.28. The lowest BCUT2D eigenvalue weighted by Gasteiger charge is -2.24. The maximum absolute atomic E-state index is 13.2. The molecule has 9 heteroatoms. The number of benzene rings is 1. The highest BCUT2D eigenvalue weighted by Gasteiger charge is 2.30. The molecule has 30 heavy (non-hydrogen) atoms. The van der Waals surface area contributed by atoms with Crippen LogP contribution >= 0.6 is 11.3 Å². The Hall–Kier alpha value is -3.33. The first kappa shape index (κ1) is 18.7. The molecule has 0 aliphatic carbocycles. The van der Waals surface area contributed by atoms with Gasteiger partial charge in [-0.05, 0) is 54.6 Å². The van der Waals surface area contributed by atoms with Gasteiger partial charge in [-0.25, -0.2) is 0 Å². The Kier molecular flexibility index (Phi) is 4.66. The highest BCUT2D eigenvalue weighted by atomic mass is 32.1. The summed E-state index contributed by atoms with van der Waals surface area (Å²) in [7, 11) is 0.